The van der Waals surface area contributed by atoms with Gasteiger partial charge in [0.25, 0.3) is 0 Å². The van der Waals surface area contributed by atoms with Crippen molar-refractivity contribution in [2.45, 2.75) is 36.9 Å². The van der Waals surface area contributed by atoms with E-state index in [4.69, 9.17) is 9.97 Å². The van der Waals surface area contributed by atoms with Gasteiger partial charge < -0.3 is 5.32 Å². The summed E-state index contributed by atoms with van der Waals surface area (Å²) >= 11 is 1.42. The lowest BCUT2D eigenvalue weighted by Gasteiger charge is -2.14. The van der Waals surface area contributed by atoms with Crippen LogP contribution >= 0.6 is 11.8 Å². The first kappa shape index (κ1) is 19.3. The summed E-state index contributed by atoms with van der Waals surface area (Å²) in [5.74, 6) is 0.956. The number of hydrogen-bond donors (Lipinski definition) is 1. The van der Waals surface area contributed by atoms with Crippen molar-refractivity contribution in [1.29, 1.82) is 0 Å². The minimum absolute atomic E-state index is 0.0673. The Balaban J connectivity index is 1.31. The van der Waals surface area contributed by atoms with E-state index in [2.05, 4.69) is 14.8 Å². The highest BCUT2D eigenvalue weighted by Gasteiger charge is 2.21. The molecule has 1 fully saturated rings. The quantitative estimate of drug-likeness (QED) is 0.303. The molecule has 2 aromatic carbocycles. The fourth-order valence-corrected chi connectivity index (χ4v) is 5.38. The second kappa shape index (κ2) is 7.94. The molecule has 0 radical (unpaired) electrons. The lowest BCUT2D eigenvalue weighted by molar-refractivity contribution is -0.113. The predicted molar refractivity (Wildman–Crippen MR) is 127 cm³/mol. The highest BCUT2D eigenvalue weighted by molar-refractivity contribution is 7.99. The van der Waals surface area contributed by atoms with Crippen LogP contribution in [0.1, 0.15) is 31.7 Å². The molecule has 0 spiro atoms. The molecule has 32 heavy (non-hydrogen) atoms. The van der Waals surface area contributed by atoms with Crippen LogP contribution in [0.3, 0.4) is 0 Å². The summed E-state index contributed by atoms with van der Waals surface area (Å²) in [6.07, 6.45) is 6.43. The molecule has 8 heteroatoms. The van der Waals surface area contributed by atoms with Gasteiger partial charge in [-0.3, -0.25) is 9.20 Å². The number of nitrogens with zero attached hydrogens (tertiary/aromatic N) is 5. The Morgan fingerprint density at radius 2 is 1.78 bits per heavy atom. The fourth-order valence-electron chi connectivity index (χ4n) is 4.57. The number of nitrogens with one attached hydrogen (secondary N) is 1. The van der Waals surface area contributed by atoms with Gasteiger partial charge in [0.05, 0.1) is 34.5 Å². The van der Waals surface area contributed by atoms with Gasteiger partial charge in [0.1, 0.15) is 11.5 Å². The van der Waals surface area contributed by atoms with E-state index in [1.807, 2.05) is 59.3 Å². The third kappa shape index (κ3) is 3.31. The van der Waals surface area contributed by atoms with Crippen LogP contribution in [0.5, 0.6) is 0 Å². The molecule has 1 N–H and O–H groups in total. The van der Waals surface area contributed by atoms with Gasteiger partial charge in [-0.05, 0) is 37.1 Å². The summed E-state index contributed by atoms with van der Waals surface area (Å²) < 4.78 is 4.02. The maximum Gasteiger partial charge on any atom is 0.235 e. The Morgan fingerprint density at radius 1 is 1.00 bits per heavy atom. The SMILES string of the molecule is O=C(CSc1nc2ccccc2c2nc3ccccc3n12)Nc1ccnn1C1CCCC1. The molecule has 1 amide bonds. The van der Waals surface area contributed by atoms with E-state index in [1.165, 1.54) is 24.6 Å². The normalized spacial score (nSPS) is 14.6. The first-order valence-corrected chi connectivity index (χ1v) is 11.9. The standard InChI is InChI=1S/C24H22N6OS/c31-22(28-21-13-14-25-30(21)16-7-1-2-8-16)15-32-24-27-18-10-4-3-9-17(18)23-26-19-11-5-6-12-20(19)29(23)24/h3-6,9-14,16H,1-2,7-8,15H2,(H,28,31). The lowest BCUT2D eigenvalue weighted by atomic mass is 10.2. The average molecular weight is 443 g/mol. The van der Waals surface area contributed by atoms with Crippen molar-refractivity contribution in [1.82, 2.24) is 24.1 Å². The number of imidazole rings is 1. The van der Waals surface area contributed by atoms with Crippen LogP contribution in [-0.4, -0.2) is 35.8 Å². The Labute approximate surface area is 188 Å². The summed E-state index contributed by atoms with van der Waals surface area (Å²) in [4.78, 5) is 22.5. The average Bonchev–Trinajstić information content (AvgIpc) is 3.56. The zero-order valence-electron chi connectivity index (χ0n) is 17.4. The van der Waals surface area contributed by atoms with E-state index in [0.29, 0.717) is 6.04 Å². The van der Waals surface area contributed by atoms with Crippen LogP contribution in [0.2, 0.25) is 0 Å². The Bertz CT molecular complexity index is 1450. The van der Waals surface area contributed by atoms with Crippen molar-refractivity contribution < 1.29 is 4.79 Å². The third-order valence-corrected chi connectivity index (χ3v) is 6.99. The minimum atomic E-state index is -0.0673. The molecule has 1 aliphatic rings. The maximum atomic E-state index is 12.8. The summed E-state index contributed by atoms with van der Waals surface area (Å²) in [5, 5.41) is 9.24. The van der Waals surface area contributed by atoms with Gasteiger partial charge in [-0.1, -0.05) is 48.9 Å². The molecule has 3 heterocycles. The first-order valence-electron chi connectivity index (χ1n) is 10.9. The zero-order chi connectivity index (χ0) is 21.5. The van der Waals surface area contributed by atoms with E-state index < -0.39 is 0 Å². The molecule has 0 atom stereocenters. The van der Waals surface area contributed by atoms with Crippen molar-refractivity contribution in [3.63, 3.8) is 0 Å². The highest BCUT2D eigenvalue weighted by atomic mass is 32.2. The van der Waals surface area contributed by atoms with Crippen LogP contribution < -0.4 is 5.32 Å². The number of hydrogen-bond acceptors (Lipinski definition) is 5. The Morgan fingerprint density at radius 3 is 2.66 bits per heavy atom. The van der Waals surface area contributed by atoms with Gasteiger partial charge in [0, 0.05) is 11.5 Å². The Hall–Kier alpha value is -3.39. The summed E-state index contributed by atoms with van der Waals surface area (Å²) in [6.45, 7) is 0. The molecule has 3 aromatic heterocycles. The van der Waals surface area contributed by atoms with Gasteiger partial charge in [-0.15, -0.1) is 0 Å². The summed E-state index contributed by atoms with van der Waals surface area (Å²) in [7, 11) is 0. The van der Waals surface area contributed by atoms with Gasteiger partial charge in [0.2, 0.25) is 5.91 Å². The lowest BCUT2D eigenvalue weighted by Crippen LogP contribution is -2.19. The topological polar surface area (TPSA) is 77.1 Å². The van der Waals surface area contributed by atoms with Crippen LogP contribution in [0.25, 0.3) is 27.6 Å². The van der Waals surface area contributed by atoms with E-state index in [9.17, 15) is 4.79 Å². The number of amides is 1. The van der Waals surface area contributed by atoms with Crippen molar-refractivity contribution in [3.05, 3.63) is 60.8 Å². The van der Waals surface area contributed by atoms with Crippen LogP contribution in [-0.2, 0) is 4.79 Å². The highest BCUT2D eigenvalue weighted by Crippen LogP contribution is 2.32. The van der Waals surface area contributed by atoms with Crippen molar-refractivity contribution in [3.8, 4) is 0 Å². The minimum Gasteiger partial charge on any atom is -0.310 e. The molecule has 5 aromatic rings. The van der Waals surface area contributed by atoms with E-state index in [-0.39, 0.29) is 11.7 Å². The molecule has 7 nitrogen and oxygen atoms in total. The van der Waals surface area contributed by atoms with E-state index in [0.717, 1.165) is 51.4 Å². The number of benzene rings is 2. The third-order valence-electron chi connectivity index (χ3n) is 6.05. The number of carbonyl (C=O) groups excluding carboxylic acids is 1. The monoisotopic (exact) mass is 442 g/mol. The predicted octanol–water partition coefficient (Wildman–Crippen LogP) is 5.08. The molecule has 0 bridgehead atoms. The molecule has 0 unspecified atom stereocenters. The molecular weight excluding hydrogens is 420 g/mol. The van der Waals surface area contributed by atoms with E-state index in [1.54, 1.807) is 6.20 Å². The summed E-state index contributed by atoms with van der Waals surface area (Å²) in [6, 6.07) is 18.3. The second-order valence-corrected chi connectivity index (χ2v) is 9.05. The number of thioether (sulfide) groups is 1. The van der Waals surface area contributed by atoms with Gasteiger partial charge in [0.15, 0.2) is 5.16 Å². The maximum absolute atomic E-state index is 12.8. The van der Waals surface area contributed by atoms with Crippen LogP contribution in [0.15, 0.2) is 66.0 Å². The first-order chi connectivity index (χ1) is 15.8. The fraction of sp³-hybridized carbons (Fsp3) is 0.250. The number of para-hydroxylation sites is 3. The van der Waals surface area contributed by atoms with E-state index >= 15 is 0 Å². The van der Waals surface area contributed by atoms with Crippen LogP contribution in [0, 0.1) is 0 Å². The van der Waals surface area contributed by atoms with Gasteiger partial charge in [-0.2, -0.15) is 5.10 Å². The van der Waals surface area contributed by atoms with Crippen molar-refractivity contribution in [2.24, 2.45) is 0 Å². The van der Waals surface area contributed by atoms with Gasteiger partial charge in [-0.25, -0.2) is 14.6 Å². The molecule has 1 saturated carbocycles. The second-order valence-electron chi connectivity index (χ2n) is 8.11. The number of anilines is 1. The number of fused-ring (bicyclic) bond motifs is 5. The molecule has 6 rings (SSSR count). The van der Waals surface area contributed by atoms with Crippen LogP contribution in [0.4, 0.5) is 5.82 Å². The van der Waals surface area contributed by atoms with Crippen molar-refractivity contribution >= 4 is 51.1 Å². The zero-order valence-corrected chi connectivity index (χ0v) is 18.3. The number of aromatic nitrogens is 5. The molecule has 0 aliphatic heterocycles. The van der Waals surface area contributed by atoms with Crippen molar-refractivity contribution in [2.75, 3.05) is 11.1 Å². The van der Waals surface area contributed by atoms with Gasteiger partial charge >= 0.3 is 0 Å². The molecule has 0 saturated heterocycles. The number of rotatable bonds is 5. The number of carbonyl (C=O) groups is 1. The molecule has 1 aliphatic carbocycles. The Kier molecular flexibility index (Phi) is 4.79. The molecule has 160 valence electrons. The molecular formula is C24H22N6OS. The largest absolute Gasteiger partial charge is 0.310 e. The summed E-state index contributed by atoms with van der Waals surface area (Å²) in [5.41, 5.74) is 3.64. The smallest absolute Gasteiger partial charge is 0.235 e.